The van der Waals surface area contributed by atoms with Crippen LogP contribution in [0.4, 0.5) is 0 Å². The molecule has 1 atom stereocenters. The molecule has 6 nitrogen and oxygen atoms in total. The number of ether oxygens (including phenoxy) is 1. The molecule has 2 aromatic rings. The van der Waals surface area contributed by atoms with Gasteiger partial charge in [-0.2, -0.15) is 0 Å². The van der Waals surface area contributed by atoms with Crippen molar-refractivity contribution in [1.29, 1.82) is 0 Å². The summed E-state index contributed by atoms with van der Waals surface area (Å²) in [6, 6.07) is 8.75. The van der Waals surface area contributed by atoms with Crippen LogP contribution in [-0.4, -0.2) is 48.2 Å². The van der Waals surface area contributed by atoms with Gasteiger partial charge >= 0.3 is 0 Å². The number of nitrogens with zero attached hydrogens (tertiary/aromatic N) is 3. The summed E-state index contributed by atoms with van der Waals surface area (Å²) in [7, 11) is 0. The Balaban J connectivity index is 1.56. The Labute approximate surface area is 184 Å². The van der Waals surface area contributed by atoms with Gasteiger partial charge in [-0.25, -0.2) is 9.98 Å². The first-order chi connectivity index (χ1) is 14.5. The standard InChI is InChI=1S/C23H35N5OS/c1-5-24-23(26-13-22-27-21(16-30-22)17(2)3)25-12-19-7-6-8-20(11-19)15-28-9-10-29-18(4)14-28/h6-8,11,16-18H,5,9-10,12-15H2,1-4H3,(H2,24,25,26). The van der Waals surface area contributed by atoms with Gasteiger partial charge in [0.25, 0.3) is 0 Å². The lowest BCUT2D eigenvalue weighted by Gasteiger charge is -2.31. The fraction of sp³-hybridized carbons (Fsp3) is 0.565. The van der Waals surface area contributed by atoms with Gasteiger partial charge in [0.15, 0.2) is 5.96 Å². The van der Waals surface area contributed by atoms with Crippen LogP contribution in [0.15, 0.2) is 34.6 Å². The lowest BCUT2D eigenvalue weighted by atomic mass is 10.1. The molecule has 1 saturated heterocycles. The SMILES string of the molecule is CCNC(=NCc1cccc(CN2CCOC(C)C2)c1)NCc1nc(C(C)C)cs1. The Morgan fingerprint density at radius 3 is 2.90 bits per heavy atom. The van der Waals surface area contributed by atoms with Crippen LogP contribution in [0, 0.1) is 0 Å². The lowest BCUT2D eigenvalue weighted by Crippen LogP contribution is -2.40. The molecule has 0 bridgehead atoms. The number of hydrogen-bond donors (Lipinski definition) is 2. The molecule has 1 aromatic heterocycles. The van der Waals surface area contributed by atoms with Gasteiger partial charge in [-0.05, 0) is 30.9 Å². The third-order valence-electron chi connectivity index (χ3n) is 5.05. The molecule has 1 unspecified atom stereocenters. The summed E-state index contributed by atoms with van der Waals surface area (Å²) >= 11 is 1.70. The van der Waals surface area contributed by atoms with Crippen molar-refractivity contribution in [2.24, 2.45) is 4.99 Å². The van der Waals surface area contributed by atoms with Crippen molar-refractivity contribution in [2.75, 3.05) is 26.2 Å². The Bertz CT molecular complexity index is 819. The third kappa shape index (κ3) is 7.07. The average Bonchev–Trinajstić information content (AvgIpc) is 3.20. The molecule has 0 saturated carbocycles. The van der Waals surface area contributed by atoms with Crippen LogP contribution < -0.4 is 10.6 Å². The predicted molar refractivity (Wildman–Crippen MR) is 125 cm³/mol. The first-order valence-electron chi connectivity index (χ1n) is 10.9. The number of guanidine groups is 1. The Hall–Kier alpha value is -1.96. The van der Waals surface area contributed by atoms with E-state index in [-0.39, 0.29) is 0 Å². The van der Waals surface area contributed by atoms with Crippen LogP contribution in [-0.2, 0) is 24.4 Å². The minimum atomic E-state index is 0.315. The monoisotopic (exact) mass is 429 g/mol. The zero-order valence-electron chi connectivity index (χ0n) is 18.6. The average molecular weight is 430 g/mol. The van der Waals surface area contributed by atoms with Gasteiger partial charge < -0.3 is 15.4 Å². The summed E-state index contributed by atoms with van der Waals surface area (Å²) < 4.78 is 5.65. The largest absolute Gasteiger partial charge is 0.376 e. The zero-order chi connectivity index (χ0) is 21.3. The van der Waals surface area contributed by atoms with E-state index in [0.29, 0.717) is 25.1 Å². The van der Waals surface area contributed by atoms with Crippen LogP contribution in [0.3, 0.4) is 0 Å². The van der Waals surface area contributed by atoms with E-state index < -0.39 is 0 Å². The Morgan fingerprint density at radius 2 is 2.17 bits per heavy atom. The number of morpholine rings is 1. The molecule has 0 aliphatic carbocycles. The summed E-state index contributed by atoms with van der Waals surface area (Å²) in [6.07, 6.45) is 0.315. The van der Waals surface area contributed by atoms with Crippen molar-refractivity contribution < 1.29 is 4.74 Å². The van der Waals surface area contributed by atoms with E-state index in [1.54, 1.807) is 11.3 Å². The highest BCUT2D eigenvalue weighted by molar-refractivity contribution is 7.09. The maximum atomic E-state index is 5.65. The van der Waals surface area contributed by atoms with Gasteiger partial charge in [0.05, 0.1) is 31.5 Å². The zero-order valence-corrected chi connectivity index (χ0v) is 19.5. The minimum Gasteiger partial charge on any atom is -0.376 e. The van der Waals surface area contributed by atoms with E-state index in [0.717, 1.165) is 49.4 Å². The quantitative estimate of drug-likeness (QED) is 0.494. The minimum absolute atomic E-state index is 0.315. The predicted octanol–water partition coefficient (Wildman–Crippen LogP) is 3.74. The second-order valence-corrected chi connectivity index (χ2v) is 9.05. The Kier molecular flexibility index (Phi) is 8.66. The molecule has 0 spiro atoms. The second kappa shape index (κ2) is 11.4. The molecule has 7 heteroatoms. The highest BCUT2D eigenvalue weighted by Crippen LogP contribution is 2.17. The van der Waals surface area contributed by atoms with Crippen molar-refractivity contribution in [1.82, 2.24) is 20.5 Å². The van der Waals surface area contributed by atoms with Crippen LogP contribution in [0.1, 0.15) is 55.4 Å². The normalized spacial score (nSPS) is 18.0. The van der Waals surface area contributed by atoms with Crippen molar-refractivity contribution in [3.8, 4) is 0 Å². The van der Waals surface area contributed by atoms with Gasteiger partial charge in [0.1, 0.15) is 5.01 Å². The van der Waals surface area contributed by atoms with E-state index in [2.05, 4.69) is 72.9 Å². The molecule has 3 rings (SSSR count). The van der Waals surface area contributed by atoms with Crippen LogP contribution in [0.2, 0.25) is 0 Å². The molecule has 164 valence electrons. The fourth-order valence-corrected chi connectivity index (χ4v) is 4.36. The summed E-state index contributed by atoms with van der Waals surface area (Å²) in [5.41, 5.74) is 3.71. The molecule has 1 aromatic carbocycles. The maximum absolute atomic E-state index is 5.65. The highest BCUT2D eigenvalue weighted by atomic mass is 32.1. The topological polar surface area (TPSA) is 61.8 Å². The van der Waals surface area contributed by atoms with Gasteiger partial charge in [-0.15, -0.1) is 11.3 Å². The van der Waals surface area contributed by atoms with Gasteiger partial charge in [0.2, 0.25) is 0 Å². The van der Waals surface area contributed by atoms with Gasteiger partial charge in [-0.1, -0.05) is 38.1 Å². The molecule has 1 aliphatic heterocycles. The highest BCUT2D eigenvalue weighted by Gasteiger charge is 2.16. The molecule has 30 heavy (non-hydrogen) atoms. The lowest BCUT2D eigenvalue weighted by molar-refractivity contribution is -0.0212. The summed E-state index contributed by atoms with van der Waals surface area (Å²) in [5.74, 6) is 1.29. The molecule has 1 aliphatic rings. The van der Waals surface area contributed by atoms with E-state index in [1.165, 1.54) is 11.1 Å². The fourth-order valence-electron chi connectivity index (χ4n) is 3.46. The molecular formula is C23H35N5OS. The molecule has 2 heterocycles. The van der Waals surface area contributed by atoms with Gasteiger partial charge in [-0.3, -0.25) is 4.90 Å². The maximum Gasteiger partial charge on any atom is 0.191 e. The van der Waals surface area contributed by atoms with E-state index in [4.69, 9.17) is 14.7 Å². The Morgan fingerprint density at radius 1 is 1.33 bits per heavy atom. The van der Waals surface area contributed by atoms with Crippen molar-refractivity contribution in [3.05, 3.63) is 51.5 Å². The number of nitrogens with one attached hydrogen (secondary N) is 2. The molecule has 0 radical (unpaired) electrons. The number of aromatic nitrogens is 1. The molecule has 0 amide bonds. The smallest absolute Gasteiger partial charge is 0.191 e. The third-order valence-corrected chi connectivity index (χ3v) is 5.92. The van der Waals surface area contributed by atoms with Crippen LogP contribution in [0.5, 0.6) is 0 Å². The molecule has 2 N–H and O–H groups in total. The number of benzene rings is 1. The number of thiazole rings is 1. The molecule has 1 fully saturated rings. The first-order valence-corrected chi connectivity index (χ1v) is 11.8. The van der Waals surface area contributed by atoms with E-state index >= 15 is 0 Å². The number of rotatable bonds is 8. The van der Waals surface area contributed by atoms with E-state index in [9.17, 15) is 0 Å². The van der Waals surface area contributed by atoms with Crippen molar-refractivity contribution in [2.45, 2.75) is 59.4 Å². The van der Waals surface area contributed by atoms with Crippen LogP contribution in [0.25, 0.3) is 0 Å². The van der Waals surface area contributed by atoms with E-state index in [1.807, 2.05) is 0 Å². The second-order valence-electron chi connectivity index (χ2n) is 8.11. The van der Waals surface area contributed by atoms with Gasteiger partial charge in [0, 0.05) is 31.6 Å². The first kappa shape index (κ1) is 22.7. The number of hydrogen-bond acceptors (Lipinski definition) is 5. The van der Waals surface area contributed by atoms with Crippen molar-refractivity contribution in [3.63, 3.8) is 0 Å². The van der Waals surface area contributed by atoms with Crippen molar-refractivity contribution >= 4 is 17.3 Å². The van der Waals surface area contributed by atoms with Crippen LogP contribution >= 0.6 is 11.3 Å². The number of aliphatic imine (C=N–C) groups is 1. The molecular weight excluding hydrogens is 394 g/mol. The summed E-state index contributed by atoms with van der Waals surface area (Å²) in [5, 5.41) is 9.97. The summed E-state index contributed by atoms with van der Waals surface area (Å²) in [6.45, 7) is 14.5. The summed E-state index contributed by atoms with van der Waals surface area (Å²) in [4.78, 5) is 11.9.